The Morgan fingerprint density at radius 2 is 2.05 bits per heavy atom. The molecule has 6 nitrogen and oxygen atoms in total. The first-order chi connectivity index (χ1) is 10.5. The van der Waals surface area contributed by atoms with Crippen LogP contribution in [0.4, 0.5) is 10.1 Å². The molecule has 1 aliphatic rings. The molecule has 0 aliphatic heterocycles. The molecule has 7 heteroatoms. The maximum atomic E-state index is 13.8. The van der Waals surface area contributed by atoms with E-state index in [2.05, 4.69) is 5.32 Å². The number of methoxy groups -OCH3 is 1. The van der Waals surface area contributed by atoms with E-state index in [1.165, 1.54) is 19.2 Å². The van der Waals surface area contributed by atoms with Crippen molar-refractivity contribution in [1.29, 1.82) is 0 Å². The van der Waals surface area contributed by atoms with Gasteiger partial charge >= 0.3 is 5.97 Å². The fraction of sp³-hybridized carbons (Fsp3) is 0.467. The van der Waals surface area contributed by atoms with E-state index >= 15 is 0 Å². The number of amides is 1. The molecule has 1 saturated carbocycles. The topological polar surface area (TPSA) is 84.9 Å². The molecule has 0 bridgehead atoms. The molecule has 1 aromatic rings. The molecule has 2 atom stereocenters. The van der Waals surface area contributed by atoms with E-state index in [0.29, 0.717) is 19.4 Å². The van der Waals surface area contributed by atoms with Crippen molar-refractivity contribution in [3.63, 3.8) is 0 Å². The van der Waals surface area contributed by atoms with Gasteiger partial charge in [-0.05, 0) is 25.0 Å². The van der Waals surface area contributed by atoms with Crippen LogP contribution in [-0.4, -0.2) is 37.3 Å². The first-order valence-corrected chi connectivity index (χ1v) is 6.98. The van der Waals surface area contributed by atoms with Gasteiger partial charge in [-0.25, -0.2) is 4.39 Å². The first-order valence-electron chi connectivity index (χ1n) is 6.98. The number of carboxylic acid groups (broad SMARTS) is 1. The van der Waals surface area contributed by atoms with Crippen LogP contribution in [0.3, 0.4) is 0 Å². The number of carbonyl (C=O) groups is 2. The lowest BCUT2D eigenvalue weighted by molar-refractivity contribution is -0.151. The third-order valence-corrected chi connectivity index (χ3v) is 3.67. The summed E-state index contributed by atoms with van der Waals surface area (Å²) in [5.41, 5.74) is 0.276. The first kappa shape index (κ1) is 16.2. The van der Waals surface area contributed by atoms with Gasteiger partial charge in [0.25, 0.3) is 0 Å². The van der Waals surface area contributed by atoms with Crippen molar-refractivity contribution >= 4 is 17.6 Å². The SMILES string of the molecule is COCCOc1ccc(NC(=O)C2CCC2C(=O)O)cc1F. The summed E-state index contributed by atoms with van der Waals surface area (Å²) >= 11 is 0. The van der Waals surface area contributed by atoms with Gasteiger partial charge in [-0.3, -0.25) is 9.59 Å². The summed E-state index contributed by atoms with van der Waals surface area (Å²) in [5, 5.41) is 11.5. The molecule has 0 heterocycles. The van der Waals surface area contributed by atoms with Crippen LogP contribution < -0.4 is 10.1 Å². The van der Waals surface area contributed by atoms with Crippen molar-refractivity contribution in [2.24, 2.45) is 11.8 Å². The number of benzene rings is 1. The Morgan fingerprint density at radius 3 is 2.59 bits per heavy atom. The molecule has 0 spiro atoms. The molecule has 0 radical (unpaired) electrons. The van der Waals surface area contributed by atoms with Crippen LogP contribution in [0.5, 0.6) is 5.75 Å². The lowest BCUT2D eigenvalue weighted by atomic mass is 9.73. The van der Waals surface area contributed by atoms with Gasteiger partial charge in [-0.2, -0.15) is 0 Å². The highest BCUT2D eigenvalue weighted by atomic mass is 19.1. The molecule has 2 rings (SSSR count). The molecule has 22 heavy (non-hydrogen) atoms. The minimum Gasteiger partial charge on any atom is -0.488 e. The lowest BCUT2D eigenvalue weighted by Gasteiger charge is -2.31. The number of hydrogen-bond donors (Lipinski definition) is 2. The van der Waals surface area contributed by atoms with Crippen molar-refractivity contribution in [1.82, 2.24) is 0 Å². The molecular formula is C15H18FNO5. The Balaban J connectivity index is 1.94. The van der Waals surface area contributed by atoms with Crippen LogP contribution in [0, 0.1) is 17.7 Å². The number of anilines is 1. The van der Waals surface area contributed by atoms with Gasteiger partial charge < -0.3 is 19.9 Å². The molecule has 1 fully saturated rings. The third kappa shape index (κ3) is 3.73. The van der Waals surface area contributed by atoms with Crippen molar-refractivity contribution in [3.8, 4) is 5.75 Å². The third-order valence-electron chi connectivity index (χ3n) is 3.67. The fourth-order valence-corrected chi connectivity index (χ4v) is 2.27. The van der Waals surface area contributed by atoms with E-state index in [9.17, 15) is 14.0 Å². The van der Waals surface area contributed by atoms with E-state index in [1.807, 2.05) is 0 Å². The molecular weight excluding hydrogens is 293 g/mol. The second-order valence-corrected chi connectivity index (χ2v) is 5.10. The number of hydrogen-bond acceptors (Lipinski definition) is 4. The predicted octanol–water partition coefficient (Wildman–Crippen LogP) is 1.90. The monoisotopic (exact) mass is 311 g/mol. The van der Waals surface area contributed by atoms with Gasteiger partial charge in [0.2, 0.25) is 5.91 Å². The van der Waals surface area contributed by atoms with Crippen LogP contribution in [0.15, 0.2) is 18.2 Å². The highest BCUT2D eigenvalue weighted by molar-refractivity contribution is 5.96. The van der Waals surface area contributed by atoms with E-state index in [4.69, 9.17) is 14.6 Å². The second kappa shape index (κ2) is 7.22. The van der Waals surface area contributed by atoms with Gasteiger partial charge in [0.15, 0.2) is 11.6 Å². The van der Waals surface area contributed by atoms with E-state index in [0.717, 1.165) is 6.07 Å². The van der Waals surface area contributed by atoms with Crippen molar-refractivity contribution < 1.29 is 28.6 Å². The zero-order valence-electron chi connectivity index (χ0n) is 12.2. The number of rotatable bonds is 7. The summed E-state index contributed by atoms with van der Waals surface area (Å²) < 4.78 is 23.8. The summed E-state index contributed by atoms with van der Waals surface area (Å²) in [4.78, 5) is 22.9. The Hall–Kier alpha value is -2.15. The van der Waals surface area contributed by atoms with Crippen molar-refractivity contribution in [2.75, 3.05) is 25.6 Å². The number of ether oxygens (including phenoxy) is 2. The van der Waals surface area contributed by atoms with Gasteiger partial charge in [-0.1, -0.05) is 0 Å². The normalized spacial score (nSPS) is 20.1. The number of carboxylic acids is 1. The molecule has 2 N–H and O–H groups in total. The minimum atomic E-state index is -0.973. The van der Waals surface area contributed by atoms with Crippen LogP contribution >= 0.6 is 0 Å². The molecule has 1 amide bonds. The maximum Gasteiger partial charge on any atom is 0.307 e. The van der Waals surface area contributed by atoms with E-state index < -0.39 is 29.5 Å². The quantitative estimate of drug-likeness (QED) is 0.751. The minimum absolute atomic E-state index is 0.0714. The maximum absolute atomic E-state index is 13.8. The zero-order chi connectivity index (χ0) is 16.1. The summed E-state index contributed by atoms with van der Waals surface area (Å²) in [7, 11) is 1.52. The summed E-state index contributed by atoms with van der Waals surface area (Å²) in [6.07, 6.45) is 1.03. The van der Waals surface area contributed by atoms with E-state index in [-0.39, 0.29) is 18.0 Å². The molecule has 1 aliphatic carbocycles. The second-order valence-electron chi connectivity index (χ2n) is 5.10. The van der Waals surface area contributed by atoms with Crippen molar-refractivity contribution in [3.05, 3.63) is 24.0 Å². The summed E-state index contributed by atoms with van der Waals surface area (Å²) in [5.74, 6) is -3.11. The van der Waals surface area contributed by atoms with E-state index in [1.54, 1.807) is 0 Å². The highest BCUT2D eigenvalue weighted by Crippen LogP contribution is 2.35. The highest BCUT2D eigenvalue weighted by Gasteiger charge is 2.41. The Labute approximate surface area is 127 Å². The van der Waals surface area contributed by atoms with Gasteiger partial charge in [0.1, 0.15) is 6.61 Å². The lowest BCUT2D eigenvalue weighted by Crippen LogP contribution is -2.41. The summed E-state index contributed by atoms with van der Waals surface area (Å²) in [6, 6.07) is 4.07. The Bertz CT molecular complexity index is 563. The number of halogens is 1. The van der Waals surface area contributed by atoms with Crippen LogP contribution in [0.25, 0.3) is 0 Å². The smallest absolute Gasteiger partial charge is 0.307 e. The predicted molar refractivity (Wildman–Crippen MR) is 76.3 cm³/mol. The number of aliphatic carboxylic acids is 1. The van der Waals surface area contributed by atoms with Crippen molar-refractivity contribution in [2.45, 2.75) is 12.8 Å². The largest absolute Gasteiger partial charge is 0.488 e. The zero-order valence-corrected chi connectivity index (χ0v) is 12.2. The number of carbonyl (C=O) groups excluding carboxylic acids is 1. The molecule has 1 aromatic carbocycles. The van der Waals surface area contributed by atoms with Gasteiger partial charge in [0, 0.05) is 18.9 Å². The van der Waals surface area contributed by atoms with Gasteiger partial charge in [-0.15, -0.1) is 0 Å². The summed E-state index contributed by atoms with van der Waals surface area (Å²) in [6.45, 7) is 0.567. The van der Waals surface area contributed by atoms with Gasteiger partial charge in [0.05, 0.1) is 18.4 Å². The fourth-order valence-electron chi connectivity index (χ4n) is 2.27. The Kier molecular flexibility index (Phi) is 5.32. The number of nitrogens with one attached hydrogen (secondary N) is 1. The van der Waals surface area contributed by atoms with Crippen LogP contribution in [0.2, 0.25) is 0 Å². The molecule has 0 aromatic heterocycles. The molecule has 2 unspecified atom stereocenters. The average molecular weight is 311 g/mol. The standard InChI is InChI=1S/C15H18FNO5/c1-21-6-7-22-13-5-2-9(8-12(13)16)17-14(18)10-3-4-11(10)15(19)20/h2,5,8,10-11H,3-4,6-7H2,1H3,(H,17,18)(H,19,20). The Morgan fingerprint density at radius 1 is 1.32 bits per heavy atom. The van der Waals surface area contributed by atoms with Crippen LogP contribution in [-0.2, 0) is 14.3 Å². The average Bonchev–Trinajstić information content (AvgIpc) is 2.39. The van der Waals surface area contributed by atoms with Crippen LogP contribution in [0.1, 0.15) is 12.8 Å². The molecule has 120 valence electrons. The molecule has 0 saturated heterocycles.